The van der Waals surface area contributed by atoms with Crippen molar-refractivity contribution < 1.29 is 9.85 Å². The summed E-state index contributed by atoms with van der Waals surface area (Å²) in [7, 11) is 0. The predicted octanol–water partition coefficient (Wildman–Crippen LogP) is 3.07. The van der Waals surface area contributed by atoms with E-state index >= 15 is 0 Å². The fraction of sp³-hybridized carbons (Fsp3) is 0.455. The van der Waals surface area contributed by atoms with Crippen LogP contribution in [0.2, 0.25) is 0 Å². The number of aryl methyl sites for hydroxylation is 1. The van der Waals surface area contributed by atoms with Gasteiger partial charge in [-0.3, -0.25) is 20.2 Å². The summed E-state index contributed by atoms with van der Waals surface area (Å²) in [6.07, 6.45) is 1.19. The highest BCUT2D eigenvalue weighted by Crippen LogP contribution is 2.35. The van der Waals surface area contributed by atoms with E-state index in [1.807, 2.05) is 6.92 Å². The van der Waals surface area contributed by atoms with Crippen LogP contribution >= 0.6 is 0 Å². The lowest BCUT2D eigenvalue weighted by atomic mass is 9.96. The Morgan fingerprint density at radius 1 is 1.18 bits per heavy atom. The van der Waals surface area contributed by atoms with E-state index in [2.05, 4.69) is 0 Å². The fourth-order valence-electron chi connectivity index (χ4n) is 1.85. The van der Waals surface area contributed by atoms with E-state index in [9.17, 15) is 20.2 Å². The molecule has 0 N–H and O–H groups in total. The highest BCUT2D eigenvalue weighted by Gasteiger charge is 2.30. The molecule has 92 valence electrons. The van der Waals surface area contributed by atoms with Crippen LogP contribution in [0.3, 0.4) is 0 Å². The van der Waals surface area contributed by atoms with Crippen LogP contribution in [0.1, 0.15) is 30.0 Å². The summed E-state index contributed by atoms with van der Waals surface area (Å²) in [5.41, 5.74) is 1.18. The van der Waals surface area contributed by atoms with Crippen molar-refractivity contribution in [3.8, 4) is 0 Å². The molecule has 6 heteroatoms. The zero-order valence-corrected chi connectivity index (χ0v) is 10.0. The molecule has 0 spiro atoms. The van der Waals surface area contributed by atoms with Crippen molar-refractivity contribution in [1.82, 2.24) is 0 Å². The van der Waals surface area contributed by atoms with Gasteiger partial charge in [0.1, 0.15) is 0 Å². The van der Waals surface area contributed by atoms with Gasteiger partial charge in [0.25, 0.3) is 0 Å². The molecule has 0 atom stereocenters. The van der Waals surface area contributed by atoms with E-state index < -0.39 is 15.5 Å². The first-order valence-electron chi connectivity index (χ1n) is 5.32. The van der Waals surface area contributed by atoms with Crippen molar-refractivity contribution in [1.29, 1.82) is 0 Å². The number of hydrogen-bond donors (Lipinski definition) is 0. The smallest absolute Gasteiger partial charge is 0.258 e. The Balaban J connectivity index is 3.63. The molecule has 1 aromatic rings. The third-order valence-electron chi connectivity index (χ3n) is 2.81. The number of benzene rings is 1. The maximum atomic E-state index is 11.0. The normalized spacial score (nSPS) is 10.3. The number of nitro groups is 2. The van der Waals surface area contributed by atoms with E-state index in [0.717, 1.165) is 5.56 Å². The molecular weight excluding hydrogens is 224 g/mol. The molecular formula is C11H14N2O4. The zero-order valence-electron chi connectivity index (χ0n) is 10.0. The van der Waals surface area contributed by atoms with Gasteiger partial charge in [-0.25, -0.2) is 0 Å². The molecule has 0 fully saturated rings. The summed E-state index contributed by atoms with van der Waals surface area (Å²) in [4.78, 5) is 20.5. The second-order valence-corrected chi connectivity index (χ2v) is 3.93. The first-order valence-corrected chi connectivity index (χ1v) is 5.32. The maximum absolute atomic E-state index is 11.0. The Kier molecular flexibility index (Phi) is 3.77. The maximum Gasteiger partial charge on any atom is 0.349 e. The highest BCUT2D eigenvalue weighted by atomic mass is 16.6. The fourth-order valence-corrected chi connectivity index (χ4v) is 1.85. The van der Waals surface area contributed by atoms with Gasteiger partial charge in [0.15, 0.2) is 0 Å². The third-order valence-corrected chi connectivity index (χ3v) is 2.81. The molecule has 0 radical (unpaired) electrons. The van der Waals surface area contributed by atoms with Gasteiger partial charge >= 0.3 is 11.4 Å². The van der Waals surface area contributed by atoms with Crippen molar-refractivity contribution in [3.05, 3.63) is 43.0 Å². The Hall–Kier alpha value is -1.98. The van der Waals surface area contributed by atoms with Crippen molar-refractivity contribution in [3.63, 3.8) is 0 Å². The monoisotopic (exact) mass is 238 g/mol. The Morgan fingerprint density at radius 2 is 1.76 bits per heavy atom. The quantitative estimate of drug-likeness (QED) is 0.595. The molecule has 0 unspecified atom stereocenters. The van der Waals surface area contributed by atoms with Gasteiger partial charge in [0.05, 0.1) is 9.85 Å². The molecule has 0 aromatic heterocycles. The van der Waals surface area contributed by atoms with Crippen molar-refractivity contribution in [2.45, 2.75) is 33.6 Å². The topological polar surface area (TPSA) is 86.3 Å². The minimum Gasteiger partial charge on any atom is -0.258 e. The molecule has 0 saturated heterocycles. The Bertz CT molecular complexity index is 483. The number of rotatable bonds is 4. The number of nitro benzene ring substituents is 2. The predicted molar refractivity (Wildman–Crippen MR) is 63.2 cm³/mol. The van der Waals surface area contributed by atoms with E-state index in [-0.39, 0.29) is 5.69 Å². The molecule has 0 heterocycles. The van der Waals surface area contributed by atoms with Crippen LogP contribution in [0.4, 0.5) is 11.4 Å². The van der Waals surface area contributed by atoms with Crippen LogP contribution in [0.25, 0.3) is 0 Å². The average Bonchev–Trinajstić information content (AvgIpc) is 2.23. The lowest BCUT2D eigenvalue weighted by molar-refractivity contribution is -0.423. The largest absolute Gasteiger partial charge is 0.349 e. The highest BCUT2D eigenvalue weighted by molar-refractivity contribution is 5.62. The van der Waals surface area contributed by atoms with Crippen LogP contribution in [0.5, 0.6) is 0 Å². The van der Waals surface area contributed by atoms with Crippen LogP contribution in [0, 0.1) is 34.1 Å². The minimum atomic E-state index is -0.691. The molecule has 0 aliphatic heterocycles. The van der Waals surface area contributed by atoms with Crippen molar-refractivity contribution >= 4 is 11.4 Å². The van der Waals surface area contributed by atoms with E-state index in [1.165, 1.54) is 6.07 Å². The summed E-state index contributed by atoms with van der Waals surface area (Å²) in [5.74, 6) is 0. The summed E-state index contributed by atoms with van der Waals surface area (Å²) in [6.45, 7) is 5.37. The third kappa shape index (κ3) is 2.41. The van der Waals surface area contributed by atoms with Gasteiger partial charge in [-0.1, -0.05) is 13.3 Å². The van der Waals surface area contributed by atoms with Gasteiger partial charge in [-0.2, -0.15) is 0 Å². The van der Waals surface area contributed by atoms with Gasteiger partial charge in [-0.15, -0.1) is 0 Å². The molecule has 1 aromatic carbocycles. The standard InChI is InChI=1S/C11H14N2O4/c1-4-5-9-8(3)7(2)6-10(12(14)15)11(9)13(16)17/h6H,4-5H2,1-3H3. The van der Waals surface area contributed by atoms with Crippen molar-refractivity contribution in [2.75, 3.05) is 0 Å². The molecule has 1 rings (SSSR count). The Labute approximate surface area is 98.6 Å². The molecule has 0 saturated carbocycles. The van der Waals surface area contributed by atoms with E-state index in [4.69, 9.17) is 0 Å². The second-order valence-electron chi connectivity index (χ2n) is 3.93. The van der Waals surface area contributed by atoms with Crippen LogP contribution in [0.15, 0.2) is 6.07 Å². The van der Waals surface area contributed by atoms with Crippen LogP contribution in [-0.2, 0) is 6.42 Å². The average molecular weight is 238 g/mol. The van der Waals surface area contributed by atoms with Crippen LogP contribution in [-0.4, -0.2) is 9.85 Å². The van der Waals surface area contributed by atoms with Gasteiger partial charge < -0.3 is 0 Å². The van der Waals surface area contributed by atoms with Crippen LogP contribution < -0.4 is 0 Å². The number of nitrogens with zero attached hydrogens (tertiary/aromatic N) is 2. The van der Waals surface area contributed by atoms with Gasteiger partial charge in [0, 0.05) is 11.6 Å². The Morgan fingerprint density at radius 3 is 2.18 bits per heavy atom. The lowest BCUT2D eigenvalue weighted by Crippen LogP contribution is -2.04. The number of hydrogen-bond acceptors (Lipinski definition) is 4. The second kappa shape index (κ2) is 4.90. The lowest BCUT2D eigenvalue weighted by Gasteiger charge is -2.08. The summed E-state index contributed by atoms with van der Waals surface area (Å²) >= 11 is 0. The molecule has 0 aliphatic carbocycles. The van der Waals surface area contributed by atoms with Crippen molar-refractivity contribution in [2.24, 2.45) is 0 Å². The first-order chi connectivity index (χ1) is 7.90. The summed E-state index contributed by atoms with van der Waals surface area (Å²) < 4.78 is 0. The first kappa shape index (κ1) is 13.1. The molecule has 0 amide bonds. The SMILES string of the molecule is CCCc1c(C)c(C)cc([N+](=O)[O-])c1[N+](=O)[O-]. The molecule has 0 aliphatic rings. The van der Waals surface area contributed by atoms with E-state index in [0.29, 0.717) is 24.0 Å². The van der Waals surface area contributed by atoms with Gasteiger partial charge in [0.2, 0.25) is 0 Å². The minimum absolute atomic E-state index is 0.361. The zero-order chi connectivity index (χ0) is 13.2. The molecule has 17 heavy (non-hydrogen) atoms. The summed E-state index contributed by atoms with van der Waals surface area (Å²) in [5, 5.41) is 21.8. The van der Waals surface area contributed by atoms with Gasteiger partial charge in [-0.05, 0) is 31.4 Å². The van der Waals surface area contributed by atoms with E-state index in [1.54, 1.807) is 13.8 Å². The molecule has 0 bridgehead atoms. The summed E-state index contributed by atoms with van der Waals surface area (Å²) in [6, 6.07) is 1.27. The molecule has 6 nitrogen and oxygen atoms in total.